The van der Waals surface area contributed by atoms with Gasteiger partial charge in [-0.25, -0.2) is 0 Å². The second-order valence-corrected chi connectivity index (χ2v) is 13.7. The van der Waals surface area contributed by atoms with Crippen molar-refractivity contribution in [2.75, 3.05) is 44.3 Å². The third kappa shape index (κ3) is 7.87. The maximum absolute atomic E-state index is 13.8. The second-order valence-electron chi connectivity index (χ2n) is 13.7. The lowest BCUT2D eigenvalue weighted by atomic mass is 9.47. The van der Waals surface area contributed by atoms with E-state index >= 15 is 0 Å². The number of anilines is 1. The molecular weight excluding hydrogens is 547 g/mol. The number of ether oxygens (including phenoxy) is 1. The van der Waals surface area contributed by atoms with E-state index in [1.807, 2.05) is 13.0 Å². The summed E-state index contributed by atoms with van der Waals surface area (Å²) in [7, 11) is 0. The summed E-state index contributed by atoms with van der Waals surface area (Å²) in [5.74, 6) is -0.0664. The molecule has 8 heteroatoms. The molecule has 3 unspecified atom stereocenters. The molecule has 238 valence electrons. The minimum Gasteiger partial charge on any atom is -0.381 e. The predicted octanol–water partition coefficient (Wildman–Crippen LogP) is 5.89. The average Bonchev–Trinajstić information content (AvgIpc) is 3.22. The number of nitrogens with zero attached hydrogens (tertiary/aromatic N) is 2. The van der Waals surface area contributed by atoms with Crippen LogP contribution in [0, 0.1) is 18.8 Å². The first-order valence-electron chi connectivity index (χ1n) is 17.1. The maximum Gasteiger partial charge on any atom is 0.251 e. The molecule has 3 aliphatic heterocycles. The Kier molecular flexibility index (Phi) is 11.1. The normalized spacial score (nSPS) is 23.6. The van der Waals surface area contributed by atoms with Gasteiger partial charge in [0.25, 0.3) is 5.91 Å². The molecule has 0 aliphatic carbocycles. The van der Waals surface area contributed by atoms with Crippen LogP contribution in [0.3, 0.4) is 0 Å². The van der Waals surface area contributed by atoms with E-state index in [1.165, 1.54) is 37.7 Å². The zero-order valence-corrected chi connectivity index (χ0v) is 27.7. The summed E-state index contributed by atoms with van der Waals surface area (Å²) < 4.78 is 5.68. The fourth-order valence-corrected chi connectivity index (χ4v) is 7.54. The van der Waals surface area contributed by atoms with Crippen molar-refractivity contribution in [3.8, 4) is 11.1 Å². The first-order chi connectivity index (χ1) is 21.2. The molecule has 3 heterocycles. The van der Waals surface area contributed by atoms with Crippen molar-refractivity contribution in [1.29, 1.82) is 0 Å². The van der Waals surface area contributed by atoms with Crippen LogP contribution in [0.4, 0.5) is 5.69 Å². The highest BCUT2D eigenvalue weighted by Gasteiger charge is 2.33. The predicted molar refractivity (Wildman–Crippen MR) is 182 cm³/mol. The number of hydrogen-bond donors (Lipinski definition) is 2. The van der Waals surface area contributed by atoms with Crippen molar-refractivity contribution in [2.45, 2.75) is 91.5 Å². The van der Waals surface area contributed by atoms with Crippen molar-refractivity contribution in [3.05, 3.63) is 53.1 Å². The van der Waals surface area contributed by atoms with E-state index in [1.54, 1.807) is 0 Å². The molecule has 0 spiro atoms. The molecular formula is C36H53BN4O3. The molecule has 5 rings (SSSR count). The smallest absolute Gasteiger partial charge is 0.251 e. The van der Waals surface area contributed by atoms with Gasteiger partial charge in [-0.2, -0.15) is 0 Å². The molecule has 2 amide bonds. The first kappa shape index (κ1) is 32.6. The number of carbonyl (C=O) groups excluding carboxylic acids is 2. The summed E-state index contributed by atoms with van der Waals surface area (Å²) in [5.41, 5.74) is 6.28. The molecule has 2 N–H and O–H groups in total. The number of piperidine rings is 1. The third-order valence-corrected chi connectivity index (χ3v) is 10.3. The minimum atomic E-state index is -0.215. The summed E-state index contributed by atoms with van der Waals surface area (Å²) in [5, 5.41) is 6.20. The fourth-order valence-electron chi connectivity index (χ4n) is 7.54. The molecule has 0 saturated carbocycles. The van der Waals surface area contributed by atoms with Crippen molar-refractivity contribution >= 4 is 24.2 Å². The van der Waals surface area contributed by atoms with Crippen LogP contribution in [-0.2, 0) is 16.1 Å². The van der Waals surface area contributed by atoms with Crippen molar-refractivity contribution in [1.82, 2.24) is 15.5 Å². The highest BCUT2D eigenvalue weighted by Crippen LogP contribution is 2.34. The van der Waals surface area contributed by atoms with Crippen molar-refractivity contribution in [3.63, 3.8) is 0 Å². The van der Waals surface area contributed by atoms with Gasteiger partial charge in [-0.1, -0.05) is 50.7 Å². The van der Waals surface area contributed by atoms with Gasteiger partial charge in [0.1, 0.15) is 6.71 Å². The van der Waals surface area contributed by atoms with Gasteiger partial charge in [-0.15, -0.1) is 0 Å². The molecule has 44 heavy (non-hydrogen) atoms. The van der Waals surface area contributed by atoms with Crippen LogP contribution < -0.4 is 15.5 Å². The Hall–Kier alpha value is -2.84. The largest absolute Gasteiger partial charge is 0.381 e. The van der Waals surface area contributed by atoms with Crippen LogP contribution in [-0.4, -0.2) is 74.9 Å². The number of benzene rings is 2. The molecule has 2 aromatic carbocycles. The monoisotopic (exact) mass is 600 g/mol. The second kappa shape index (κ2) is 15.0. The van der Waals surface area contributed by atoms with Crippen LogP contribution in [0.2, 0.25) is 19.5 Å². The van der Waals surface area contributed by atoms with Gasteiger partial charge in [0.2, 0.25) is 5.91 Å². The van der Waals surface area contributed by atoms with Gasteiger partial charge in [0, 0.05) is 56.2 Å². The lowest BCUT2D eigenvalue weighted by molar-refractivity contribution is -0.129. The number of hydrogen-bond acceptors (Lipinski definition) is 5. The Morgan fingerprint density at radius 3 is 2.55 bits per heavy atom. The number of nitrogens with one attached hydrogen (secondary N) is 2. The maximum atomic E-state index is 13.8. The molecule has 3 fully saturated rings. The molecule has 3 saturated heterocycles. The highest BCUT2D eigenvalue weighted by atomic mass is 16.5. The lowest BCUT2D eigenvalue weighted by Gasteiger charge is -2.37. The highest BCUT2D eigenvalue weighted by molar-refractivity contribution is 6.57. The molecule has 0 bridgehead atoms. The molecule has 3 aliphatic rings. The van der Waals surface area contributed by atoms with Crippen LogP contribution in [0.25, 0.3) is 11.1 Å². The lowest BCUT2D eigenvalue weighted by Crippen LogP contribution is -2.50. The fraction of sp³-hybridized carbons (Fsp3) is 0.611. The van der Waals surface area contributed by atoms with Gasteiger partial charge in [-0.05, 0) is 99.8 Å². The summed E-state index contributed by atoms with van der Waals surface area (Å²) in [6, 6.07) is 13.8. The van der Waals surface area contributed by atoms with E-state index in [-0.39, 0.29) is 29.7 Å². The van der Waals surface area contributed by atoms with E-state index in [4.69, 9.17) is 4.74 Å². The van der Waals surface area contributed by atoms with Crippen LogP contribution >= 0.6 is 0 Å². The Balaban J connectivity index is 1.41. The van der Waals surface area contributed by atoms with Crippen LogP contribution in [0.15, 0.2) is 36.4 Å². The van der Waals surface area contributed by atoms with Crippen LogP contribution in [0.5, 0.6) is 0 Å². The summed E-state index contributed by atoms with van der Waals surface area (Å²) in [4.78, 5) is 31.6. The SMILES string of the molecule is CCN(c1cc(-c2ccc(CN3CCCB(C)CC3)cc2)cc(C(=O)NCC2C(=O)NC(C)CC2C)c1C)C1CCOCC1. The summed E-state index contributed by atoms with van der Waals surface area (Å²) in [6.45, 7) is 17.7. The van der Waals surface area contributed by atoms with Gasteiger partial charge in [0.15, 0.2) is 0 Å². The van der Waals surface area contributed by atoms with E-state index in [2.05, 4.69) is 78.4 Å². The van der Waals surface area contributed by atoms with E-state index < -0.39 is 0 Å². The Labute approximate surface area is 265 Å². The van der Waals surface area contributed by atoms with Crippen molar-refractivity contribution < 1.29 is 14.3 Å². The third-order valence-electron chi connectivity index (χ3n) is 10.3. The minimum absolute atomic E-state index is 0.0363. The molecule has 0 aromatic heterocycles. The number of amides is 2. The summed E-state index contributed by atoms with van der Waals surface area (Å²) in [6.07, 6.45) is 6.77. The van der Waals surface area contributed by atoms with E-state index in [9.17, 15) is 9.59 Å². The number of rotatable bonds is 9. The molecule has 7 nitrogen and oxygen atoms in total. The molecule has 0 radical (unpaired) electrons. The van der Waals surface area contributed by atoms with Crippen molar-refractivity contribution in [2.24, 2.45) is 11.8 Å². The molecule has 3 atom stereocenters. The van der Waals surface area contributed by atoms with Gasteiger partial charge in [0.05, 0.1) is 5.92 Å². The standard InChI is InChI=1S/C36H53BN4O3/c1-6-41(31-12-18-44-19-13-31)34-22-30(29-10-8-28(9-11-29)24-40-16-7-14-37(5)15-17-40)21-32(27(34)4)35(42)38-23-33-25(2)20-26(3)39-36(33)43/h8-11,21-22,25-26,31,33H,6-7,12-20,23-24H2,1-5H3,(H,38,42)(H,39,43). The Morgan fingerprint density at radius 1 is 1.09 bits per heavy atom. The topological polar surface area (TPSA) is 73.9 Å². The zero-order valence-electron chi connectivity index (χ0n) is 27.7. The van der Waals surface area contributed by atoms with E-state index in [0.717, 1.165) is 74.7 Å². The summed E-state index contributed by atoms with van der Waals surface area (Å²) >= 11 is 0. The number of carbonyl (C=O) groups is 2. The molecule has 2 aromatic rings. The van der Waals surface area contributed by atoms with Crippen LogP contribution in [0.1, 0.15) is 67.9 Å². The van der Waals surface area contributed by atoms with Gasteiger partial charge in [-0.3, -0.25) is 14.5 Å². The Morgan fingerprint density at radius 2 is 1.84 bits per heavy atom. The van der Waals surface area contributed by atoms with Gasteiger partial charge >= 0.3 is 0 Å². The zero-order chi connectivity index (χ0) is 31.2. The van der Waals surface area contributed by atoms with E-state index in [0.29, 0.717) is 18.2 Å². The van der Waals surface area contributed by atoms with Gasteiger partial charge < -0.3 is 20.3 Å². The quantitative estimate of drug-likeness (QED) is 0.352. The Bertz CT molecular complexity index is 1280. The average molecular weight is 601 g/mol. The first-order valence-corrected chi connectivity index (χ1v) is 17.1.